The van der Waals surface area contributed by atoms with Crippen LogP contribution in [0.4, 0.5) is 34.1 Å². The number of hydrogen-bond acceptors (Lipinski definition) is 3. The van der Waals surface area contributed by atoms with Crippen molar-refractivity contribution in [3.8, 4) is 22.3 Å². The molecule has 12 aromatic carbocycles. The highest BCUT2D eigenvalue weighted by atomic mass is 28.3. The fourth-order valence-corrected chi connectivity index (χ4v) is 17.9. The Hall–Kier alpha value is -8.70. The highest BCUT2D eigenvalue weighted by molar-refractivity contribution is 7.24. The van der Waals surface area contributed by atoms with E-state index in [1.807, 2.05) is 6.07 Å². The number of para-hydroxylation sites is 4. The molecule has 4 heteroatoms. The molecule has 2 aliphatic rings. The van der Waals surface area contributed by atoms with Gasteiger partial charge < -0.3 is 14.2 Å². The van der Waals surface area contributed by atoms with Gasteiger partial charge in [0.1, 0.15) is 5.58 Å². The monoisotopic (exact) mass is 880 g/mol. The molecule has 68 heavy (non-hydrogen) atoms. The van der Waals surface area contributed by atoms with Crippen LogP contribution in [0.2, 0.25) is 0 Å². The first-order valence-corrected chi connectivity index (χ1v) is 25.5. The number of hydrogen-bond donors (Lipinski definition) is 0. The Kier molecular flexibility index (Phi) is 7.81. The first-order chi connectivity index (χ1) is 33.8. The van der Waals surface area contributed by atoms with Crippen molar-refractivity contribution in [1.29, 1.82) is 0 Å². The lowest BCUT2D eigenvalue weighted by Crippen LogP contribution is -2.70. The molecule has 2 aliphatic heterocycles. The van der Waals surface area contributed by atoms with Gasteiger partial charge >= 0.3 is 0 Å². The third-order valence-corrected chi connectivity index (χ3v) is 19.9. The van der Waals surface area contributed by atoms with Crippen molar-refractivity contribution >= 4 is 117 Å². The van der Waals surface area contributed by atoms with Gasteiger partial charge in [-0.3, -0.25) is 0 Å². The fraction of sp³-hybridized carbons (Fsp3) is 0. The summed E-state index contributed by atoms with van der Waals surface area (Å²) < 4.78 is 6.73. The largest absolute Gasteiger partial charge is 0.454 e. The second-order valence-electron chi connectivity index (χ2n) is 18.3. The topological polar surface area (TPSA) is 19.6 Å². The molecule has 13 aromatic rings. The van der Waals surface area contributed by atoms with Crippen molar-refractivity contribution in [2.45, 2.75) is 0 Å². The van der Waals surface area contributed by atoms with E-state index in [4.69, 9.17) is 4.42 Å². The van der Waals surface area contributed by atoms with E-state index in [1.54, 1.807) is 0 Å². The van der Waals surface area contributed by atoms with E-state index in [2.05, 4.69) is 246 Å². The van der Waals surface area contributed by atoms with E-state index in [-0.39, 0.29) is 0 Å². The molecular formula is C64H40N2OSi. The summed E-state index contributed by atoms with van der Waals surface area (Å²) in [5.41, 5.74) is 13.8. The minimum atomic E-state index is -2.68. The van der Waals surface area contributed by atoms with E-state index >= 15 is 0 Å². The summed E-state index contributed by atoms with van der Waals surface area (Å²) in [5.74, 6) is 0. The fourth-order valence-electron chi connectivity index (χ4n) is 12.3. The van der Waals surface area contributed by atoms with Crippen LogP contribution in [0.15, 0.2) is 247 Å². The maximum Gasteiger partial charge on any atom is 0.182 e. The van der Waals surface area contributed by atoms with E-state index in [0.717, 1.165) is 56.1 Å². The molecule has 0 amide bonds. The minimum Gasteiger partial charge on any atom is -0.454 e. The smallest absolute Gasteiger partial charge is 0.182 e. The predicted molar refractivity (Wildman–Crippen MR) is 288 cm³/mol. The van der Waals surface area contributed by atoms with E-state index < -0.39 is 8.07 Å². The van der Waals surface area contributed by atoms with Gasteiger partial charge in [-0.1, -0.05) is 182 Å². The number of rotatable bonds is 6. The quantitative estimate of drug-likeness (QED) is 0.123. The zero-order valence-corrected chi connectivity index (χ0v) is 37.9. The number of anilines is 6. The second kappa shape index (κ2) is 14.2. The summed E-state index contributed by atoms with van der Waals surface area (Å²) in [6, 6.07) is 90.0. The Morgan fingerprint density at radius 3 is 1.40 bits per heavy atom. The summed E-state index contributed by atoms with van der Waals surface area (Å²) in [6.07, 6.45) is 0. The van der Waals surface area contributed by atoms with Crippen LogP contribution in [-0.4, -0.2) is 8.07 Å². The Labute approximate surface area is 394 Å². The molecule has 0 saturated carbocycles. The summed E-state index contributed by atoms with van der Waals surface area (Å²) >= 11 is 0. The molecule has 316 valence electrons. The second-order valence-corrected chi connectivity index (χ2v) is 22.0. The lowest BCUT2D eigenvalue weighted by Gasteiger charge is -2.31. The minimum absolute atomic E-state index is 0.871. The molecule has 1 aromatic heterocycles. The third kappa shape index (κ3) is 5.01. The van der Waals surface area contributed by atoms with Gasteiger partial charge in [-0.05, 0) is 125 Å². The Morgan fingerprint density at radius 1 is 0.294 bits per heavy atom. The first-order valence-electron chi connectivity index (χ1n) is 23.5. The van der Waals surface area contributed by atoms with Gasteiger partial charge in [-0.15, -0.1) is 0 Å². The van der Waals surface area contributed by atoms with Crippen molar-refractivity contribution in [1.82, 2.24) is 0 Å². The highest BCUT2D eigenvalue weighted by Crippen LogP contribution is 2.49. The van der Waals surface area contributed by atoms with Gasteiger partial charge in [0.15, 0.2) is 13.7 Å². The van der Waals surface area contributed by atoms with Crippen molar-refractivity contribution in [3.05, 3.63) is 243 Å². The van der Waals surface area contributed by atoms with Crippen molar-refractivity contribution < 1.29 is 4.42 Å². The summed E-state index contributed by atoms with van der Waals surface area (Å²) in [4.78, 5) is 4.89. The van der Waals surface area contributed by atoms with Crippen LogP contribution in [0, 0.1) is 0 Å². The first kappa shape index (κ1) is 37.5. The van der Waals surface area contributed by atoms with Gasteiger partial charge in [0.2, 0.25) is 0 Å². The number of nitrogens with zero attached hydrogens (tertiary/aromatic N) is 2. The maximum absolute atomic E-state index is 6.73. The average Bonchev–Trinajstić information content (AvgIpc) is 4.04. The van der Waals surface area contributed by atoms with Crippen LogP contribution in [0.1, 0.15) is 0 Å². The molecule has 0 unspecified atom stereocenters. The molecule has 0 saturated heterocycles. The van der Waals surface area contributed by atoms with Crippen LogP contribution in [0.5, 0.6) is 0 Å². The number of benzene rings is 12. The van der Waals surface area contributed by atoms with E-state index in [9.17, 15) is 0 Å². The standard InChI is InChI=1S/C64H40N2OSi/c1-3-16-43(17-4-1)65(45-34-37-50-49-23-10-14-29-60(49)68(61(50)40-45)58-27-12-8-21-47(58)48-22-9-13-28-59(48)68)54-38-32-41-31-36-53-55(39-33-42-30-35-52(54)62(41)63(42)53)66(44-18-5-2-6-19-44)56-25-15-24-51-46-20-7-11-26-57(46)67-64(51)56/h1-40H. The van der Waals surface area contributed by atoms with Crippen LogP contribution >= 0.6 is 0 Å². The molecule has 0 atom stereocenters. The molecule has 0 radical (unpaired) electrons. The molecule has 0 aliphatic carbocycles. The Morgan fingerprint density at radius 2 is 0.779 bits per heavy atom. The van der Waals surface area contributed by atoms with E-state index in [1.165, 1.54) is 75.3 Å². The third-order valence-electron chi connectivity index (χ3n) is 15.0. The van der Waals surface area contributed by atoms with Crippen LogP contribution in [0.25, 0.3) is 76.5 Å². The van der Waals surface area contributed by atoms with Crippen LogP contribution < -0.4 is 30.5 Å². The Balaban J connectivity index is 0.971. The molecule has 3 nitrogen and oxygen atoms in total. The zero-order chi connectivity index (χ0) is 44.5. The van der Waals surface area contributed by atoms with Crippen molar-refractivity contribution in [2.24, 2.45) is 0 Å². The molecule has 1 spiro atoms. The summed E-state index contributed by atoms with van der Waals surface area (Å²) in [7, 11) is -2.68. The Bertz CT molecular complexity index is 4110. The van der Waals surface area contributed by atoms with Gasteiger partial charge in [-0.2, -0.15) is 0 Å². The van der Waals surface area contributed by atoms with Gasteiger partial charge in [0.25, 0.3) is 0 Å². The number of fused-ring (bicyclic) bond motifs is 13. The van der Waals surface area contributed by atoms with Crippen LogP contribution in [-0.2, 0) is 0 Å². The van der Waals surface area contributed by atoms with Crippen LogP contribution in [0.3, 0.4) is 0 Å². The highest BCUT2D eigenvalue weighted by Gasteiger charge is 2.54. The summed E-state index contributed by atoms with van der Waals surface area (Å²) in [6.45, 7) is 0. The molecule has 15 rings (SSSR count). The maximum atomic E-state index is 6.73. The average molecular weight is 881 g/mol. The van der Waals surface area contributed by atoms with Crippen molar-refractivity contribution in [3.63, 3.8) is 0 Å². The van der Waals surface area contributed by atoms with E-state index in [0.29, 0.717) is 0 Å². The normalized spacial score (nSPS) is 13.1. The zero-order valence-electron chi connectivity index (χ0n) is 36.9. The van der Waals surface area contributed by atoms with Crippen molar-refractivity contribution in [2.75, 3.05) is 9.80 Å². The van der Waals surface area contributed by atoms with Gasteiger partial charge in [0.05, 0.1) is 17.1 Å². The lowest BCUT2D eigenvalue weighted by atomic mass is 9.91. The number of furan rings is 1. The lowest BCUT2D eigenvalue weighted by molar-refractivity contribution is 0.669. The molecule has 0 bridgehead atoms. The molecule has 0 N–H and O–H groups in total. The van der Waals surface area contributed by atoms with Gasteiger partial charge in [0, 0.05) is 38.6 Å². The SMILES string of the molecule is c1ccc(N(c2ccc3c(c2)[Si]2(c4ccccc4-c4ccccc42)c2ccccc2-3)c2ccc3ccc4c(N(c5ccccc5)c5cccc6c5oc5ccccc56)ccc5ccc2c3c54)cc1. The van der Waals surface area contributed by atoms with Gasteiger partial charge in [-0.25, -0.2) is 0 Å². The summed E-state index contributed by atoms with van der Waals surface area (Å²) in [5, 5.41) is 15.4. The predicted octanol–water partition coefficient (Wildman–Crippen LogP) is 14.8. The molecular weight excluding hydrogens is 841 g/mol. The molecule has 0 fully saturated rings. The molecule has 3 heterocycles.